The molecule has 2 aromatic rings. The summed E-state index contributed by atoms with van der Waals surface area (Å²) < 4.78 is 1.21. The fourth-order valence-corrected chi connectivity index (χ4v) is 3.96. The summed E-state index contributed by atoms with van der Waals surface area (Å²) >= 11 is 3.45. The third-order valence-electron chi connectivity index (χ3n) is 3.61. The summed E-state index contributed by atoms with van der Waals surface area (Å²) in [6.45, 7) is 7.56. The topological polar surface area (TPSA) is 45.2 Å². The predicted molar refractivity (Wildman–Crippen MR) is 95.0 cm³/mol. The van der Waals surface area contributed by atoms with Gasteiger partial charge in [0.15, 0.2) is 5.13 Å². The van der Waals surface area contributed by atoms with E-state index in [1.165, 1.54) is 9.60 Å². The molecule has 6 heteroatoms. The lowest BCUT2D eigenvalue weighted by Gasteiger charge is -2.39. The van der Waals surface area contributed by atoms with Gasteiger partial charge in [0.1, 0.15) is 0 Å². The van der Waals surface area contributed by atoms with Crippen molar-refractivity contribution in [3.63, 3.8) is 0 Å². The summed E-state index contributed by atoms with van der Waals surface area (Å²) in [4.78, 5) is 20.2. The number of rotatable bonds is 3. The van der Waals surface area contributed by atoms with Crippen molar-refractivity contribution in [2.75, 3.05) is 24.2 Å². The molecule has 0 unspecified atom stereocenters. The van der Waals surface area contributed by atoms with Gasteiger partial charge in [-0.2, -0.15) is 0 Å². The highest BCUT2D eigenvalue weighted by Gasteiger charge is 2.35. The number of fused-ring (bicyclic) bond motifs is 1. The lowest BCUT2D eigenvalue weighted by molar-refractivity contribution is -0.127. The Morgan fingerprint density at radius 1 is 1.41 bits per heavy atom. The van der Waals surface area contributed by atoms with Crippen LogP contribution in [0.5, 0.6) is 0 Å². The fourth-order valence-electron chi connectivity index (χ4n) is 2.43. The van der Waals surface area contributed by atoms with Crippen LogP contribution in [0.15, 0.2) is 23.1 Å². The fraction of sp³-hybridized carbons (Fsp3) is 0.500. The minimum atomic E-state index is -0.165. The van der Waals surface area contributed by atoms with Crippen LogP contribution in [0.25, 0.3) is 10.2 Å². The zero-order chi connectivity index (χ0) is 15.9. The van der Waals surface area contributed by atoms with Gasteiger partial charge >= 0.3 is 0 Å². The lowest BCUT2D eigenvalue weighted by atomic mass is 9.98. The highest BCUT2D eigenvalue weighted by molar-refractivity contribution is 7.98. The molecule has 1 aliphatic heterocycles. The molecule has 1 N–H and O–H groups in total. The second-order valence-corrected chi connectivity index (χ2v) is 8.56. The summed E-state index contributed by atoms with van der Waals surface area (Å²) in [6, 6.07) is 6.36. The number of hydrogen-bond donors (Lipinski definition) is 1. The number of carbonyl (C=O) groups is 1. The van der Waals surface area contributed by atoms with E-state index < -0.39 is 0 Å². The molecule has 0 saturated carbocycles. The van der Waals surface area contributed by atoms with Crippen molar-refractivity contribution in [1.82, 2.24) is 10.3 Å². The van der Waals surface area contributed by atoms with Crippen LogP contribution in [-0.2, 0) is 4.79 Å². The van der Waals surface area contributed by atoms with Crippen molar-refractivity contribution in [3.05, 3.63) is 18.2 Å². The monoisotopic (exact) mass is 335 g/mol. The van der Waals surface area contributed by atoms with Gasteiger partial charge in [0.25, 0.3) is 0 Å². The molecule has 1 fully saturated rings. The van der Waals surface area contributed by atoms with Crippen LogP contribution in [0.1, 0.15) is 20.8 Å². The first-order valence-electron chi connectivity index (χ1n) is 7.37. The Morgan fingerprint density at radius 3 is 2.77 bits per heavy atom. The Kier molecular flexibility index (Phi) is 4.07. The van der Waals surface area contributed by atoms with Crippen LogP contribution in [0.4, 0.5) is 5.13 Å². The normalized spacial score (nSPS) is 15.9. The van der Waals surface area contributed by atoms with Crippen molar-refractivity contribution < 1.29 is 4.79 Å². The van der Waals surface area contributed by atoms with Crippen LogP contribution in [-0.4, -0.2) is 35.8 Å². The van der Waals surface area contributed by atoms with Gasteiger partial charge in [0.05, 0.1) is 16.1 Å². The predicted octanol–water partition coefficient (Wildman–Crippen LogP) is 3.37. The van der Waals surface area contributed by atoms with E-state index in [1.54, 1.807) is 23.1 Å². The van der Waals surface area contributed by atoms with E-state index in [2.05, 4.69) is 39.7 Å². The van der Waals surface area contributed by atoms with E-state index in [-0.39, 0.29) is 17.4 Å². The number of nitrogens with one attached hydrogen (secondary N) is 1. The Hall–Kier alpha value is -1.27. The molecule has 118 valence electrons. The van der Waals surface area contributed by atoms with Crippen molar-refractivity contribution in [2.24, 2.45) is 5.92 Å². The first-order chi connectivity index (χ1) is 10.4. The molecule has 4 nitrogen and oxygen atoms in total. The van der Waals surface area contributed by atoms with Crippen molar-refractivity contribution in [3.8, 4) is 0 Å². The molecule has 0 atom stereocenters. The lowest BCUT2D eigenvalue weighted by Crippen LogP contribution is -2.56. The van der Waals surface area contributed by atoms with E-state index in [0.29, 0.717) is 0 Å². The smallest absolute Gasteiger partial charge is 0.227 e. The maximum absolute atomic E-state index is 12.1. The first-order valence-corrected chi connectivity index (χ1v) is 9.41. The van der Waals surface area contributed by atoms with Gasteiger partial charge in [-0.05, 0) is 45.2 Å². The number of carbonyl (C=O) groups excluding carboxylic acids is 1. The van der Waals surface area contributed by atoms with Crippen LogP contribution < -0.4 is 10.2 Å². The number of anilines is 1. The zero-order valence-corrected chi connectivity index (χ0v) is 15.0. The zero-order valence-electron chi connectivity index (χ0n) is 13.3. The van der Waals surface area contributed by atoms with Gasteiger partial charge in [-0.1, -0.05) is 11.3 Å². The molecule has 2 heterocycles. The van der Waals surface area contributed by atoms with E-state index >= 15 is 0 Å². The third kappa shape index (κ3) is 3.22. The quantitative estimate of drug-likeness (QED) is 0.874. The number of nitrogens with zero attached hydrogens (tertiary/aromatic N) is 2. The van der Waals surface area contributed by atoms with Crippen LogP contribution >= 0.6 is 23.1 Å². The minimum Gasteiger partial charge on any atom is -0.351 e. The highest BCUT2D eigenvalue weighted by atomic mass is 32.2. The van der Waals surface area contributed by atoms with E-state index in [4.69, 9.17) is 0 Å². The van der Waals surface area contributed by atoms with E-state index in [1.807, 2.05) is 20.8 Å². The van der Waals surface area contributed by atoms with E-state index in [9.17, 15) is 4.79 Å². The Bertz CT molecular complexity index is 699. The van der Waals surface area contributed by atoms with Crippen LogP contribution in [0.2, 0.25) is 0 Å². The second-order valence-electron chi connectivity index (χ2n) is 6.67. The second kappa shape index (κ2) is 5.74. The van der Waals surface area contributed by atoms with Gasteiger partial charge < -0.3 is 10.2 Å². The summed E-state index contributed by atoms with van der Waals surface area (Å²) in [5.41, 5.74) is 0.877. The van der Waals surface area contributed by atoms with Gasteiger partial charge in [-0.3, -0.25) is 4.79 Å². The molecule has 0 radical (unpaired) electrons. The highest BCUT2D eigenvalue weighted by Crippen LogP contribution is 2.34. The van der Waals surface area contributed by atoms with Gasteiger partial charge in [0, 0.05) is 23.5 Å². The maximum atomic E-state index is 12.1. The molecule has 0 bridgehead atoms. The molecule has 1 aromatic carbocycles. The Balaban J connectivity index is 1.66. The summed E-state index contributed by atoms with van der Waals surface area (Å²) in [5, 5.41) is 4.07. The van der Waals surface area contributed by atoms with E-state index in [0.717, 1.165) is 23.7 Å². The molecular weight excluding hydrogens is 314 g/mol. The summed E-state index contributed by atoms with van der Waals surface area (Å²) in [5.74, 6) is 0.225. The van der Waals surface area contributed by atoms with Crippen molar-refractivity contribution in [2.45, 2.75) is 31.2 Å². The van der Waals surface area contributed by atoms with Gasteiger partial charge in [0.2, 0.25) is 5.91 Å². The molecular formula is C16H21N3OS2. The molecule has 0 aliphatic carbocycles. The number of benzene rings is 1. The summed E-state index contributed by atoms with van der Waals surface area (Å²) in [6.07, 6.45) is 2.08. The van der Waals surface area contributed by atoms with Gasteiger partial charge in [-0.25, -0.2) is 4.98 Å². The molecule has 1 amide bonds. The van der Waals surface area contributed by atoms with Gasteiger partial charge in [-0.15, -0.1) is 11.8 Å². The van der Waals surface area contributed by atoms with Crippen molar-refractivity contribution in [1.29, 1.82) is 0 Å². The molecule has 0 spiro atoms. The number of hydrogen-bond acceptors (Lipinski definition) is 5. The maximum Gasteiger partial charge on any atom is 0.227 e. The molecule has 3 rings (SSSR count). The first kappa shape index (κ1) is 15.6. The standard InChI is InChI=1S/C16H21N3OS2/c1-16(2,3)18-14(20)10-8-19(9-10)15-17-12-6-5-11(21-4)7-13(12)22-15/h5-7,10H,8-9H2,1-4H3,(H,18,20). The number of thiazole rings is 1. The average Bonchev–Trinajstić information content (AvgIpc) is 2.76. The molecule has 22 heavy (non-hydrogen) atoms. The largest absolute Gasteiger partial charge is 0.351 e. The minimum absolute atomic E-state index is 0.0768. The number of thioether (sulfide) groups is 1. The number of aromatic nitrogens is 1. The molecule has 1 aromatic heterocycles. The average molecular weight is 335 g/mol. The van der Waals surface area contributed by atoms with Crippen LogP contribution in [0.3, 0.4) is 0 Å². The molecule has 1 aliphatic rings. The Morgan fingerprint density at radius 2 is 2.14 bits per heavy atom. The van der Waals surface area contributed by atoms with Crippen LogP contribution in [0, 0.1) is 5.92 Å². The third-order valence-corrected chi connectivity index (χ3v) is 5.41. The Labute approximate surface area is 139 Å². The number of amides is 1. The molecule has 1 saturated heterocycles. The van der Waals surface area contributed by atoms with Crippen molar-refractivity contribution >= 4 is 44.4 Å². The summed E-state index contributed by atoms with van der Waals surface area (Å²) in [7, 11) is 0. The SMILES string of the molecule is CSc1ccc2nc(N3CC(C(=O)NC(C)(C)C)C3)sc2c1.